The molecule has 2 N–H and O–H groups in total. The highest BCUT2D eigenvalue weighted by Gasteiger charge is 2.18. The summed E-state index contributed by atoms with van der Waals surface area (Å²) in [5.41, 5.74) is 2.31. The van der Waals surface area contributed by atoms with Crippen molar-refractivity contribution in [3.8, 4) is 0 Å². The first-order chi connectivity index (χ1) is 12.7. The van der Waals surface area contributed by atoms with Gasteiger partial charge in [-0.25, -0.2) is 0 Å². The van der Waals surface area contributed by atoms with E-state index in [-0.39, 0.29) is 12.3 Å². The van der Waals surface area contributed by atoms with Gasteiger partial charge in [0, 0.05) is 0 Å². The molecule has 0 atom stereocenters. The van der Waals surface area contributed by atoms with E-state index in [4.69, 9.17) is 9.83 Å². The number of hydrogen-bond acceptors (Lipinski definition) is 3. The summed E-state index contributed by atoms with van der Waals surface area (Å²) < 4.78 is 9.04. The molecule has 1 aliphatic rings. The van der Waals surface area contributed by atoms with E-state index in [0.717, 1.165) is 24.1 Å². The van der Waals surface area contributed by atoms with Crippen molar-refractivity contribution in [3.63, 3.8) is 0 Å². The zero-order valence-electron chi connectivity index (χ0n) is 14.9. The predicted molar refractivity (Wildman–Crippen MR) is 98.2 cm³/mol. The Balaban J connectivity index is 1.62. The highest BCUT2D eigenvalue weighted by atomic mass is 16.3. The molecule has 4 rings (SSSR count). The minimum Gasteiger partial charge on any atom is -0.461 e. The highest BCUT2D eigenvalue weighted by Crippen LogP contribution is 2.13. The summed E-state index contributed by atoms with van der Waals surface area (Å²) >= 11 is 0. The van der Waals surface area contributed by atoms with Gasteiger partial charge in [-0.3, -0.25) is 10.2 Å². The van der Waals surface area contributed by atoms with Crippen molar-refractivity contribution in [1.82, 2.24) is 9.13 Å². The molecule has 3 heterocycles. The topological polar surface area (TPSA) is 68.4 Å². The number of furan rings is 1. The van der Waals surface area contributed by atoms with Gasteiger partial charge in [0.25, 0.3) is 0 Å². The molecule has 6 nitrogen and oxygen atoms in total. The quantitative estimate of drug-likeness (QED) is 0.659. The molecule has 0 radical (unpaired) electrons. The molecule has 1 saturated heterocycles. The van der Waals surface area contributed by atoms with Gasteiger partial charge in [-0.1, -0.05) is 12.1 Å². The SMILES string of the molecule is N=c1n(CC[NH+]2CCCCC2)c2ccccc2n1CC(=O)c1ccco1. The van der Waals surface area contributed by atoms with Gasteiger partial charge in [0.05, 0.1) is 50.0 Å². The molecule has 1 fully saturated rings. The first-order valence-electron chi connectivity index (χ1n) is 9.37. The van der Waals surface area contributed by atoms with Gasteiger partial charge in [0.2, 0.25) is 11.4 Å². The second-order valence-electron chi connectivity index (χ2n) is 7.01. The molecule has 0 unspecified atom stereocenters. The Hall–Kier alpha value is -2.60. The van der Waals surface area contributed by atoms with Crippen LogP contribution in [0.5, 0.6) is 0 Å². The average molecular weight is 353 g/mol. The fourth-order valence-electron chi connectivity index (χ4n) is 3.91. The summed E-state index contributed by atoms with van der Waals surface area (Å²) in [6.07, 6.45) is 5.44. The molecule has 0 spiro atoms. The lowest BCUT2D eigenvalue weighted by Gasteiger charge is -2.23. The summed E-state index contributed by atoms with van der Waals surface area (Å²) in [5, 5.41) is 8.64. The number of imidazole rings is 1. The summed E-state index contributed by atoms with van der Waals surface area (Å²) in [7, 11) is 0. The zero-order valence-corrected chi connectivity index (χ0v) is 14.9. The summed E-state index contributed by atoms with van der Waals surface area (Å²) in [6.45, 7) is 4.40. The molecular weight excluding hydrogens is 328 g/mol. The lowest BCUT2D eigenvalue weighted by Crippen LogP contribution is -3.13. The largest absolute Gasteiger partial charge is 0.461 e. The number of carbonyl (C=O) groups is 1. The van der Waals surface area contributed by atoms with Crippen LogP contribution in [0.15, 0.2) is 47.1 Å². The molecule has 1 aliphatic heterocycles. The van der Waals surface area contributed by atoms with Gasteiger partial charge in [-0.2, -0.15) is 0 Å². The van der Waals surface area contributed by atoms with Crippen LogP contribution < -0.4 is 10.5 Å². The van der Waals surface area contributed by atoms with Gasteiger partial charge in [0.15, 0.2) is 5.76 Å². The van der Waals surface area contributed by atoms with Crippen molar-refractivity contribution in [3.05, 3.63) is 54.0 Å². The molecule has 1 aromatic carbocycles. The maximum absolute atomic E-state index is 12.5. The molecule has 136 valence electrons. The van der Waals surface area contributed by atoms with E-state index in [2.05, 4.69) is 0 Å². The van der Waals surface area contributed by atoms with Crippen molar-refractivity contribution >= 4 is 16.8 Å². The minimum atomic E-state index is -0.113. The number of Topliss-reactive ketones (excluding diaryl/α,β-unsaturated/α-hetero) is 1. The number of nitrogens with zero attached hydrogens (tertiary/aromatic N) is 2. The monoisotopic (exact) mass is 353 g/mol. The van der Waals surface area contributed by atoms with Crippen LogP contribution in [-0.2, 0) is 13.1 Å². The number of likely N-dealkylation sites (tertiary alicyclic amines) is 1. The lowest BCUT2D eigenvalue weighted by molar-refractivity contribution is -0.905. The number of piperidine rings is 1. The average Bonchev–Trinajstić information content (AvgIpc) is 3.29. The molecule has 0 aliphatic carbocycles. The van der Waals surface area contributed by atoms with E-state index in [1.807, 2.05) is 28.8 Å². The number of ketones is 1. The number of quaternary nitrogens is 1. The molecule has 2 aromatic heterocycles. The lowest BCUT2D eigenvalue weighted by atomic mass is 10.1. The van der Waals surface area contributed by atoms with Crippen molar-refractivity contribution in [2.75, 3.05) is 19.6 Å². The van der Waals surface area contributed by atoms with Crippen LogP contribution in [0, 0.1) is 5.41 Å². The van der Waals surface area contributed by atoms with Gasteiger partial charge < -0.3 is 18.5 Å². The molecular formula is C20H25N4O2+. The Kier molecular flexibility index (Phi) is 4.75. The highest BCUT2D eigenvalue weighted by molar-refractivity contribution is 5.94. The van der Waals surface area contributed by atoms with Crippen LogP contribution in [-0.4, -0.2) is 34.6 Å². The van der Waals surface area contributed by atoms with Crippen LogP contribution in [0.4, 0.5) is 0 Å². The minimum absolute atomic E-state index is 0.113. The van der Waals surface area contributed by atoms with Crippen molar-refractivity contribution < 1.29 is 14.1 Å². The number of benzene rings is 1. The van der Waals surface area contributed by atoms with Crippen LogP contribution in [0.25, 0.3) is 11.0 Å². The first-order valence-corrected chi connectivity index (χ1v) is 9.37. The number of fused-ring (bicyclic) bond motifs is 1. The summed E-state index contributed by atoms with van der Waals surface area (Å²) in [6, 6.07) is 11.3. The number of para-hydroxylation sites is 2. The maximum atomic E-state index is 12.5. The van der Waals surface area contributed by atoms with Crippen LogP contribution in [0.3, 0.4) is 0 Å². The molecule has 0 bridgehead atoms. The zero-order chi connectivity index (χ0) is 17.9. The van der Waals surface area contributed by atoms with E-state index in [1.54, 1.807) is 21.6 Å². The van der Waals surface area contributed by atoms with E-state index >= 15 is 0 Å². The van der Waals surface area contributed by atoms with Crippen molar-refractivity contribution in [2.24, 2.45) is 0 Å². The number of hydrogen-bond donors (Lipinski definition) is 2. The van der Waals surface area contributed by atoms with Gasteiger partial charge in [0.1, 0.15) is 0 Å². The Morgan fingerprint density at radius 3 is 2.46 bits per heavy atom. The summed E-state index contributed by atoms with van der Waals surface area (Å²) in [5.74, 6) is 0.226. The van der Waals surface area contributed by atoms with Gasteiger partial charge >= 0.3 is 0 Å². The second-order valence-corrected chi connectivity index (χ2v) is 7.01. The van der Waals surface area contributed by atoms with Gasteiger partial charge in [-0.15, -0.1) is 0 Å². The van der Waals surface area contributed by atoms with Crippen molar-refractivity contribution in [2.45, 2.75) is 32.4 Å². The normalized spacial score (nSPS) is 15.5. The Labute approximate surface area is 152 Å². The third-order valence-electron chi connectivity index (χ3n) is 5.32. The van der Waals surface area contributed by atoms with Crippen molar-refractivity contribution in [1.29, 1.82) is 5.41 Å². The third-order valence-corrected chi connectivity index (χ3v) is 5.32. The number of nitrogens with one attached hydrogen (secondary N) is 2. The maximum Gasteiger partial charge on any atom is 0.217 e. The Morgan fingerprint density at radius 1 is 1.04 bits per heavy atom. The van der Waals surface area contributed by atoms with Crippen LogP contribution in [0.1, 0.15) is 29.8 Å². The number of aromatic nitrogens is 2. The smallest absolute Gasteiger partial charge is 0.217 e. The number of carbonyl (C=O) groups excluding carboxylic acids is 1. The van der Waals surface area contributed by atoms with Crippen LogP contribution >= 0.6 is 0 Å². The van der Waals surface area contributed by atoms with Crippen LogP contribution in [0.2, 0.25) is 0 Å². The third kappa shape index (κ3) is 3.24. The van der Waals surface area contributed by atoms with E-state index in [9.17, 15) is 4.79 Å². The fraction of sp³-hybridized carbons (Fsp3) is 0.400. The summed E-state index contributed by atoms with van der Waals surface area (Å²) in [4.78, 5) is 14.1. The first kappa shape index (κ1) is 16.8. The standard InChI is InChI=1S/C20H24N4O2/c21-20-23(13-12-22-10-4-1-5-11-22)16-7-2-3-8-17(16)24(20)15-18(25)19-9-6-14-26-19/h2-3,6-9,14,21H,1,4-5,10-13,15H2/p+1. The Morgan fingerprint density at radius 2 is 1.77 bits per heavy atom. The fourth-order valence-corrected chi connectivity index (χ4v) is 3.91. The molecule has 0 saturated carbocycles. The van der Waals surface area contributed by atoms with E-state index in [1.165, 1.54) is 38.6 Å². The predicted octanol–water partition coefficient (Wildman–Crippen LogP) is 1.47. The molecule has 26 heavy (non-hydrogen) atoms. The second kappa shape index (κ2) is 7.33. The van der Waals surface area contributed by atoms with E-state index in [0.29, 0.717) is 11.4 Å². The molecule has 3 aromatic rings. The van der Waals surface area contributed by atoms with E-state index < -0.39 is 0 Å². The molecule has 6 heteroatoms. The molecule has 0 amide bonds. The number of rotatable bonds is 6. The Bertz CT molecular complexity index is 946. The van der Waals surface area contributed by atoms with Gasteiger partial charge in [-0.05, 0) is 43.5 Å².